The number of benzene rings is 2. The Bertz CT molecular complexity index is 731. The molecule has 106 valence electrons. The maximum Gasteiger partial charge on any atom is 0.162 e. The zero-order valence-corrected chi connectivity index (χ0v) is 12.1. The van der Waals surface area contributed by atoms with Gasteiger partial charge in [0.1, 0.15) is 18.1 Å². The molecule has 0 aliphatic carbocycles. The number of alkyl halides is 1. The molecule has 0 aliphatic rings. The number of rotatable bonds is 5. The molecule has 0 amide bonds. The van der Waals surface area contributed by atoms with Crippen LogP contribution in [-0.4, -0.2) is 11.1 Å². The lowest BCUT2D eigenvalue weighted by atomic mass is 10.2. The van der Waals surface area contributed by atoms with E-state index in [9.17, 15) is 0 Å². The van der Waals surface area contributed by atoms with E-state index in [0.29, 0.717) is 6.61 Å². The lowest BCUT2D eigenvalue weighted by molar-refractivity contribution is 0.306. The number of ether oxygens (including phenoxy) is 2. The zero-order valence-electron chi connectivity index (χ0n) is 11.3. The normalized spacial score (nSPS) is 10.5. The molecule has 0 unspecified atom stereocenters. The minimum Gasteiger partial charge on any atom is -0.489 e. The Kier molecular flexibility index (Phi) is 4.22. The van der Waals surface area contributed by atoms with Crippen molar-refractivity contribution in [2.75, 3.05) is 6.07 Å². The van der Waals surface area contributed by atoms with E-state index in [2.05, 4.69) is 4.98 Å². The Labute approximate surface area is 128 Å². The second-order valence-corrected chi connectivity index (χ2v) is 4.73. The van der Waals surface area contributed by atoms with E-state index in [-0.39, 0.29) is 6.07 Å². The van der Waals surface area contributed by atoms with Gasteiger partial charge in [-0.05, 0) is 23.8 Å². The maximum absolute atomic E-state index is 5.79. The van der Waals surface area contributed by atoms with E-state index >= 15 is 0 Å². The molecule has 2 aromatic carbocycles. The van der Waals surface area contributed by atoms with Crippen LogP contribution in [0.2, 0.25) is 0 Å². The smallest absolute Gasteiger partial charge is 0.162 e. The van der Waals surface area contributed by atoms with Crippen molar-refractivity contribution in [3.8, 4) is 11.5 Å². The molecule has 0 bridgehead atoms. The van der Waals surface area contributed by atoms with Crippen molar-refractivity contribution in [3.63, 3.8) is 0 Å². The van der Waals surface area contributed by atoms with Crippen molar-refractivity contribution in [1.29, 1.82) is 0 Å². The summed E-state index contributed by atoms with van der Waals surface area (Å²) >= 11 is 5.62. The van der Waals surface area contributed by atoms with Gasteiger partial charge in [-0.15, -0.1) is 0 Å². The summed E-state index contributed by atoms with van der Waals surface area (Å²) in [6, 6.07) is 17.7. The number of fused-ring (bicyclic) bond motifs is 1. The summed E-state index contributed by atoms with van der Waals surface area (Å²) in [6.07, 6.45) is 1.70. The summed E-state index contributed by atoms with van der Waals surface area (Å²) in [7, 11) is 0. The summed E-state index contributed by atoms with van der Waals surface area (Å²) in [5.74, 6) is 1.51. The fourth-order valence-corrected chi connectivity index (χ4v) is 2.23. The minimum atomic E-state index is 0.116. The molecule has 0 fully saturated rings. The van der Waals surface area contributed by atoms with Gasteiger partial charge >= 0.3 is 0 Å². The Hall–Kier alpha value is -2.26. The van der Waals surface area contributed by atoms with Gasteiger partial charge in [0.05, 0.1) is 5.52 Å². The predicted octanol–water partition coefficient (Wildman–Crippen LogP) is 4.39. The maximum atomic E-state index is 5.79. The molecule has 1 heterocycles. The average molecular weight is 300 g/mol. The van der Waals surface area contributed by atoms with Crippen LogP contribution in [0, 0.1) is 0 Å². The summed E-state index contributed by atoms with van der Waals surface area (Å²) in [5.41, 5.74) is 1.95. The van der Waals surface area contributed by atoms with Crippen LogP contribution >= 0.6 is 11.6 Å². The lowest BCUT2D eigenvalue weighted by Gasteiger charge is -2.09. The third-order valence-corrected chi connectivity index (χ3v) is 3.24. The zero-order chi connectivity index (χ0) is 14.5. The van der Waals surface area contributed by atoms with Crippen molar-refractivity contribution >= 4 is 22.5 Å². The molecule has 0 radical (unpaired) electrons. The van der Waals surface area contributed by atoms with Crippen LogP contribution in [0.3, 0.4) is 0 Å². The Morgan fingerprint density at radius 3 is 2.62 bits per heavy atom. The van der Waals surface area contributed by atoms with E-state index < -0.39 is 0 Å². The molecule has 0 N–H and O–H groups in total. The van der Waals surface area contributed by atoms with Gasteiger partial charge in [0.25, 0.3) is 0 Å². The van der Waals surface area contributed by atoms with Crippen molar-refractivity contribution in [2.24, 2.45) is 0 Å². The molecule has 21 heavy (non-hydrogen) atoms. The van der Waals surface area contributed by atoms with E-state index in [1.807, 2.05) is 48.5 Å². The number of halogens is 1. The van der Waals surface area contributed by atoms with Gasteiger partial charge in [0, 0.05) is 17.6 Å². The minimum absolute atomic E-state index is 0.116. The van der Waals surface area contributed by atoms with E-state index in [4.69, 9.17) is 21.1 Å². The number of hydrogen-bond donors (Lipinski definition) is 0. The fourth-order valence-electron chi connectivity index (χ4n) is 2.12. The molecule has 1 aromatic heterocycles. The first-order valence-electron chi connectivity index (χ1n) is 6.61. The van der Waals surface area contributed by atoms with Crippen LogP contribution in [0.5, 0.6) is 11.5 Å². The first-order valence-corrected chi connectivity index (χ1v) is 7.14. The number of nitrogens with zero attached hydrogens (tertiary/aromatic N) is 1. The van der Waals surface area contributed by atoms with Gasteiger partial charge in [-0.2, -0.15) is 0 Å². The fraction of sp³-hybridized carbons (Fsp3) is 0.118. The molecule has 0 atom stereocenters. The van der Waals surface area contributed by atoms with Crippen LogP contribution in [0.1, 0.15) is 5.56 Å². The highest BCUT2D eigenvalue weighted by molar-refractivity contribution is 6.17. The Balaban J connectivity index is 1.81. The third kappa shape index (κ3) is 3.26. The summed E-state index contributed by atoms with van der Waals surface area (Å²) in [6.45, 7) is 0.532. The first-order chi connectivity index (χ1) is 10.4. The molecule has 0 saturated heterocycles. The highest BCUT2D eigenvalue weighted by Gasteiger charge is 2.04. The molecular weight excluding hydrogens is 286 g/mol. The summed E-state index contributed by atoms with van der Waals surface area (Å²) in [4.78, 5) is 4.34. The van der Waals surface area contributed by atoms with Crippen LogP contribution in [-0.2, 0) is 6.61 Å². The van der Waals surface area contributed by atoms with Gasteiger partial charge in [0.2, 0.25) is 0 Å². The molecule has 0 spiro atoms. The Morgan fingerprint density at radius 2 is 1.81 bits per heavy atom. The monoisotopic (exact) mass is 299 g/mol. The molecule has 0 saturated carbocycles. The third-order valence-electron chi connectivity index (χ3n) is 3.13. The molecular formula is C17H14ClNO2. The second kappa shape index (κ2) is 6.46. The van der Waals surface area contributed by atoms with Crippen molar-refractivity contribution < 1.29 is 9.47 Å². The van der Waals surface area contributed by atoms with Gasteiger partial charge in [-0.25, -0.2) is 0 Å². The van der Waals surface area contributed by atoms with Crippen LogP contribution in [0.4, 0.5) is 0 Å². The highest BCUT2D eigenvalue weighted by Crippen LogP contribution is 2.27. The SMILES string of the molecule is ClCOc1ccnc2cc(OCc3ccccc3)ccc12. The van der Waals surface area contributed by atoms with Crippen LogP contribution in [0.15, 0.2) is 60.8 Å². The van der Waals surface area contributed by atoms with Crippen LogP contribution < -0.4 is 9.47 Å². The van der Waals surface area contributed by atoms with E-state index in [1.165, 1.54) is 0 Å². The van der Waals surface area contributed by atoms with Crippen molar-refractivity contribution in [1.82, 2.24) is 4.98 Å². The topological polar surface area (TPSA) is 31.4 Å². The lowest BCUT2D eigenvalue weighted by Crippen LogP contribution is -1.96. The van der Waals surface area contributed by atoms with Crippen molar-refractivity contribution in [3.05, 3.63) is 66.4 Å². The summed E-state index contributed by atoms with van der Waals surface area (Å²) < 4.78 is 11.2. The quantitative estimate of drug-likeness (QED) is 0.655. The molecule has 0 aliphatic heterocycles. The molecule has 3 rings (SSSR count). The van der Waals surface area contributed by atoms with E-state index in [0.717, 1.165) is 28.0 Å². The molecule has 3 nitrogen and oxygen atoms in total. The standard InChI is InChI=1S/C17H14ClNO2/c18-12-21-17-8-9-19-16-10-14(6-7-15(16)17)20-11-13-4-2-1-3-5-13/h1-10H,11-12H2. The first kappa shape index (κ1) is 13.7. The highest BCUT2D eigenvalue weighted by atomic mass is 35.5. The second-order valence-electron chi connectivity index (χ2n) is 4.52. The number of aromatic nitrogens is 1. The molecule has 3 aromatic rings. The van der Waals surface area contributed by atoms with Crippen molar-refractivity contribution in [2.45, 2.75) is 6.61 Å². The van der Waals surface area contributed by atoms with Crippen LogP contribution in [0.25, 0.3) is 10.9 Å². The predicted molar refractivity (Wildman–Crippen MR) is 83.9 cm³/mol. The largest absolute Gasteiger partial charge is 0.489 e. The molecule has 4 heteroatoms. The number of pyridine rings is 1. The number of hydrogen-bond acceptors (Lipinski definition) is 3. The van der Waals surface area contributed by atoms with Gasteiger partial charge in [0.15, 0.2) is 6.07 Å². The van der Waals surface area contributed by atoms with Gasteiger partial charge in [-0.1, -0.05) is 41.9 Å². The van der Waals surface area contributed by atoms with Gasteiger partial charge in [-0.3, -0.25) is 4.98 Å². The van der Waals surface area contributed by atoms with Gasteiger partial charge < -0.3 is 9.47 Å². The Morgan fingerprint density at radius 1 is 0.952 bits per heavy atom. The van der Waals surface area contributed by atoms with E-state index in [1.54, 1.807) is 12.3 Å². The summed E-state index contributed by atoms with van der Waals surface area (Å²) in [5, 5.41) is 0.921. The average Bonchev–Trinajstić information content (AvgIpc) is 2.54.